The molecular weight excluding hydrogens is 595 g/mol. The SMILES string of the molecule is O=C(O)/C=C/c1ccc(C2(C(F)(F)F)N=N2)cc1OCCOCCOCCNC(=O)CCCC[C@@H]1SCC2NC(=O)NC21. The van der Waals surface area contributed by atoms with E-state index in [-0.39, 0.29) is 67.3 Å². The zero-order valence-electron chi connectivity index (χ0n) is 23.2. The molecule has 0 spiro atoms. The minimum Gasteiger partial charge on any atom is -0.491 e. The van der Waals surface area contributed by atoms with E-state index in [1.54, 1.807) is 0 Å². The van der Waals surface area contributed by atoms with E-state index in [0.29, 0.717) is 24.8 Å². The summed E-state index contributed by atoms with van der Waals surface area (Å²) in [6.07, 6.45) is 0.427. The highest BCUT2D eigenvalue weighted by atomic mass is 32.2. The van der Waals surface area contributed by atoms with Gasteiger partial charge in [0.05, 0.1) is 38.5 Å². The molecule has 2 saturated heterocycles. The Morgan fingerprint density at radius 3 is 2.58 bits per heavy atom. The molecule has 236 valence electrons. The van der Waals surface area contributed by atoms with Gasteiger partial charge in [-0.3, -0.25) is 4.79 Å². The van der Waals surface area contributed by atoms with Gasteiger partial charge in [-0.2, -0.15) is 24.9 Å². The molecule has 0 saturated carbocycles. The van der Waals surface area contributed by atoms with Gasteiger partial charge in [-0.15, -0.1) is 10.2 Å². The number of benzene rings is 1. The van der Waals surface area contributed by atoms with Gasteiger partial charge in [-0.1, -0.05) is 18.6 Å². The van der Waals surface area contributed by atoms with Crippen molar-refractivity contribution in [3.63, 3.8) is 0 Å². The fourth-order valence-electron chi connectivity index (χ4n) is 4.78. The van der Waals surface area contributed by atoms with E-state index in [1.807, 2.05) is 11.8 Å². The van der Waals surface area contributed by atoms with E-state index < -0.39 is 17.8 Å². The molecule has 3 atom stereocenters. The standard InChI is InChI=1S/C27H34F3N5O7S/c28-27(29,30)26(34-35-26)18-7-5-17(6-8-23(37)38)20(15-18)42-14-13-41-12-11-40-10-9-31-22(36)4-2-1-3-21-24-19(16-43-21)32-25(39)33-24/h5-8,15,19,21,24H,1-4,9-14,16H2,(H,31,36)(H,37,38)(H2,32,33,39)/b8-6+/t19?,21-,24?/m0/s1. The number of unbranched alkanes of at least 4 members (excludes halogenated alkanes) is 1. The molecule has 2 unspecified atom stereocenters. The monoisotopic (exact) mass is 629 g/mol. The van der Waals surface area contributed by atoms with E-state index in [2.05, 4.69) is 26.2 Å². The fourth-order valence-corrected chi connectivity index (χ4v) is 6.32. The van der Waals surface area contributed by atoms with E-state index >= 15 is 0 Å². The number of carboxylic acid groups (broad SMARTS) is 1. The lowest BCUT2D eigenvalue weighted by Crippen LogP contribution is -2.36. The van der Waals surface area contributed by atoms with Gasteiger partial charge in [0.1, 0.15) is 12.4 Å². The van der Waals surface area contributed by atoms with Crippen molar-refractivity contribution in [3.05, 3.63) is 35.4 Å². The average Bonchev–Trinajstić information content (AvgIpc) is 3.60. The largest absolute Gasteiger partial charge is 0.491 e. The summed E-state index contributed by atoms with van der Waals surface area (Å²) in [5, 5.41) is 24.3. The van der Waals surface area contributed by atoms with Crippen LogP contribution in [0.15, 0.2) is 34.5 Å². The van der Waals surface area contributed by atoms with E-state index in [9.17, 15) is 27.6 Å². The summed E-state index contributed by atoms with van der Waals surface area (Å²) in [6, 6.07) is 3.91. The summed E-state index contributed by atoms with van der Waals surface area (Å²) in [6.45, 7) is 1.27. The Kier molecular flexibility index (Phi) is 11.3. The van der Waals surface area contributed by atoms with Crippen LogP contribution in [0.4, 0.5) is 18.0 Å². The molecule has 4 N–H and O–H groups in total. The smallest absolute Gasteiger partial charge is 0.442 e. The molecule has 0 bridgehead atoms. The maximum absolute atomic E-state index is 13.4. The van der Waals surface area contributed by atoms with Gasteiger partial charge in [0.25, 0.3) is 0 Å². The molecule has 4 rings (SSSR count). The molecule has 1 aromatic rings. The highest BCUT2D eigenvalue weighted by molar-refractivity contribution is 8.00. The Labute approximate surface area is 250 Å². The summed E-state index contributed by atoms with van der Waals surface area (Å²) < 4.78 is 56.6. The van der Waals surface area contributed by atoms with Crippen LogP contribution in [0.3, 0.4) is 0 Å². The number of carbonyl (C=O) groups is 3. The number of alkyl halides is 3. The van der Waals surface area contributed by atoms with Crippen molar-refractivity contribution in [2.24, 2.45) is 10.2 Å². The van der Waals surface area contributed by atoms with Crippen molar-refractivity contribution in [2.75, 3.05) is 45.3 Å². The van der Waals surface area contributed by atoms with E-state index in [0.717, 1.165) is 37.2 Å². The molecule has 12 nitrogen and oxygen atoms in total. The Bertz CT molecular complexity index is 1210. The van der Waals surface area contributed by atoms with Gasteiger partial charge in [-0.05, 0) is 25.0 Å². The van der Waals surface area contributed by atoms with E-state index in [4.69, 9.17) is 19.3 Å². The second-order valence-electron chi connectivity index (χ2n) is 10.1. The molecule has 0 aliphatic carbocycles. The van der Waals surface area contributed by atoms with Crippen molar-refractivity contribution in [1.82, 2.24) is 16.0 Å². The lowest BCUT2D eigenvalue weighted by molar-refractivity contribution is -0.166. The van der Waals surface area contributed by atoms with Gasteiger partial charge in [0.2, 0.25) is 5.91 Å². The first-order valence-corrected chi connectivity index (χ1v) is 14.9. The molecule has 3 amide bonds. The molecule has 0 aromatic heterocycles. The van der Waals surface area contributed by atoms with E-state index in [1.165, 1.54) is 18.2 Å². The number of amides is 3. The third-order valence-corrected chi connectivity index (χ3v) is 8.53. The number of urea groups is 1. The van der Waals surface area contributed by atoms with Gasteiger partial charge >= 0.3 is 23.8 Å². The van der Waals surface area contributed by atoms with Crippen LogP contribution in [0.1, 0.15) is 36.8 Å². The maximum Gasteiger partial charge on any atom is 0.442 e. The van der Waals surface area contributed by atoms with Crippen LogP contribution in [0, 0.1) is 0 Å². The number of fused-ring (bicyclic) bond motifs is 1. The van der Waals surface area contributed by atoms with Crippen molar-refractivity contribution in [3.8, 4) is 5.75 Å². The third kappa shape index (κ3) is 9.06. The Morgan fingerprint density at radius 1 is 1.12 bits per heavy atom. The van der Waals surface area contributed by atoms with Crippen LogP contribution < -0.4 is 20.7 Å². The highest BCUT2D eigenvalue weighted by Gasteiger charge is 2.65. The van der Waals surface area contributed by atoms with Gasteiger partial charge in [0, 0.05) is 41.2 Å². The lowest BCUT2D eigenvalue weighted by atomic mass is 10.00. The molecule has 2 fully saturated rings. The van der Waals surface area contributed by atoms with Crippen LogP contribution in [0.5, 0.6) is 5.75 Å². The molecule has 16 heteroatoms. The first-order valence-electron chi connectivity index (χ1n) is 13.9. The summed E-state index contributed by atoms with van der Waals surface area (Å²) >= 11 is 1.86. The van der Waals surface area contributed by atoms with Crippen LogP contribution in [0.25, 0.3) is 6.08 Å². The second kappa shape index (κ2) is 14.9. The number of hydrogen-bond donors (Lipinski definition) is 4. The summed E-state index contributed by atoms with van der Waals surface area (Å²) in [4.78, 5) is 34.4. The minimum absolute atomic E-state index is 0.00702. The maximum atomic E-state index is 13.4. The molecular formula is C27H34F3N5O7S. The minimum atomic E-state index is -4.71. The number of thioether (sulfide) groups is 1. The topological polar surface area (TPSA) is 160 Å². The summed E-state index contributed by atoms with van der Waals surface area (Å²) in [7, 11) is 0. The molecule has 1 aromatic carbocycles. The number of rotatable bonds is 18. The molecule has 3 aliphatic rings. The number of hydrogen-bond acceptors (Lipinski definition) is 9. The Balaban J connectivity index is 1.04. The molecule has 3 aliphatic heterocycles. The summed E-state index contributed by atoms with van der Waals surface area (Å²) in [5.74, 6) is -0.308. The highest BCUT2D eigenvalue weighted by Crippen LogP contribution is 2.53. The Morgan fingerprint density at radius 2 is 1.86 bits per heavy atom. The zero-order chi connectivity index (χ0) is 30.9. The lowest BCUT2D eigenvalue weighted by Gasteiger charge is -2.17. The normalized spacial score (nSPS) is 21.8. The number of aliphatic carboxylic acids is 1. The number of carbonyl (C=O) groups excluding carboxylic acids is 2. The van der Waals surface area contributed by atoms with Gasteiger partial charge < -0.3 is 35.3 Å². The first kappa shape index (κ1) is 32.5. The predicted molar refractivity (Wildman–Crippen MR) is 150 cm³/mol. The van der Waals surface area contributed by atoms with Crippen molar-refractivity contribution in [1.29, 1.82) is 0 Å². The van der Waals surface area contributed by atoms with Crippen LogP contribution in [0.2, 0.25) is 0 Å². The quantitative estimate of drug-likeness (QED) is 0.109. The molecule has 3 heterocycles. The fraction of sp³-hybridized carbons (Fsp3) is 0.593. The Hall–Kier alpha value is -3.37. The van der Waals surface area contributed by atoms with Crippen molar-refractivity contribution in [2.45, 2.75) is 54.9 Å². The average molecular weight is 630 g/mol. The third-order valence-electron chi connectivity index (χ3n) is 7.02. The van der Waals surface area contributed by atoms with Crippen molar-refractivity contribution < 1.29 is 46.9 Å². The molecule has 0 radical (unpaired) electrons. The molecule has 43 heavy (non-hydrogen) atoms. The van der Waals surface area contributed by atoms with Crippen LogP contribution >= 0.6 is 11.8 Å². The van der Waals surface area contributed by atoms with Gasteiger partial charge in [-0.25, -0.2) is 9.59 Å². The summed E-state index contributed by atoms with van der Waals surface area (Å²) in [5.41, 5.74) is -2.58. The number of carboxylic acids is 1. The van der Waals surface area contributed by atoms with Crippen molar-refractivity contribution >= 4 is 35.7 Å². The first-order chi connectivity index (χ1) is 20.6. The predicted octanol–water partition coefficient (Wildman–Crippen LogP) is 3.22. The van der Waals surface area contributed by atoms with Crippen LogP contribution in [-0.4, -0.2) is 91.9 Å². The number of halogens is 3. The van der Waals surface area contributed by atoms with Crippen LogP contribution in [-0.2, 0) is 24.7 Å². The number of nitrogens with zero attached hydrogens (tertiary/aromatic N) is 2. The number of ether oxygens (including phenoxy) is 3. The zero-order valence-corrected chi connectivity index (χ0v) is 24.0. The number of nitrogens with one attached hydrogen (secondary N) is 3. The second-order valence-corrected chi connectivity index (χ2v) is 11.4. The van der Waals surface area contributed by atoms with Gasteiger partial charge in [0.15, 0.2) is 0 Å².